The van der Waals surface area contributed by atoms with Crippen molar-refractivity contribution < 1.29 is 0 Å². The molecule has 0 fully saturated rings. The summed E-state index contributed by atoms with van der Waals surface area (Å²) in [6.07, 6.45) is 3.55. The lowest BCUT2D eigenvalue weighted by Gasteiger charge is -2.07. The molecule has 1 N–H and O–H groups in total. The van der Waals surface area contributed by atoms with Gasteiger partial charge in [-0.05, 0) is 24.3 Å². The van der Waals surface area contributed by atoms with E-state index in [-0.39, 0.29) is 0 Å². The summed E-state index contributed by atoms with van der Waals surface area (Å²) in [5, 5.41) is 5.77. The van der Waals surface area contributed by atoms with Crippen molar-refractivity contribution in [3.63, 3.8) is 0 Å². The highest BCUT2D eigenvalue weighted by Crippen LogP contribution is 2.02. The molecule has 0 aliphatic carbocycles. The Bertz CT molecular complexity index is 181. The van der Waals surface area contributed by atoms with Crippen LogP contribution >= 0.6 is 0 Å². The summed E-state index contributed by atoms with van der Waals surface area (Å²) in [5.41, 5.74) is 1.63. The van der Waals surface area contributed by atoms with Gasteiger partial charge in [-0.25, -0.2) is 0 Å². The second kappa shape index (κ2) is 2.44. The van der Waals surface area contributed by atoms with Gasteiger partial charge in [-0.2, -0.15) is 0 Å². The smallest absolute Gasteiger partial charge is 0.104 e. The van der Waals surface area contributed by atoms with Gasteiger partial charge in [0.15, 0.2) is 0 Å². The normalized spacial score (nSPS) is 17.4. The van der Waals surface area contributed by atoms with Gasteiger partial charge in [0, 0.05) is 5.70 Å². The van der Waals surface area contributed by atoms with Gasteiger partial charge in [0.05, 0.1) is 6.54 Å². The first-order valence-electron chi connectivity index (χ1n) is 2.77. The van der Waals surface area contributed by atoms with Crippen molar-refractivity contribution in [3.05, 3.63) is 28.5 Å². The molecule has 0 spiro atoms. The lowest BCUT2D eigenvalue weighted by molar-refractivity contribution is 0.843. The van der Waals surface area contributed by atoms with E-state index >= 15 is 0 Å². The van der Waals surface area contributed by atoms with Crippen LogP contribution in [0.1, 0.15) is 6.92 Å². The molecule has 0 bridgehead atoms. The first-order chi connectivity index (χ1) is 4.33. The molecule has 0 aromatic rings. The van der Waals surface area contributed by atoms with Gasteiger partial charge in [0.25, 0.3) is 0 Å². The minimum absolute atomic E-state index is 0.556. The van der Waals surface area contributed by atoms with Gasteiger partial charge in [0.1, 0.15) is 5.70 Å². The number of allylic oxidation sites excluding steroid dienone is 3. The van der Waals surface area contributed by atoms with Crippen molar-refractivity contribution in [2.75, 3.05) is 6.54 Å². The Kier molecular flexibility index (Phi) is 1.63. The average Bonchev–Trinajstić information content (AvgIpc) is 1.90. The number of nitrogens with one attached hydrogen (secondary N) is 1. The standard InChI is InChI=1S/C6H8N2O/c1-5-2-3-6(8-9)4-7-5/h2-3,7H,4H2,1H3. The van der Waals surface area contributed by atoms with E-state index < -0.39 is 0 Å². The summed E-state index contributed by atoms with van der Waals surface area (Å²) < 4.78 is 0. The minimum Gasteiger partial charge on any atom is -0.383 e. The van der Waals surface area contributed by atoms with Gasteiger partial charge in [-0.1, -0.05) is 0 Å². The van der Waals surface area contributed by atoms with E-state index in [1.165, 1.54) is 0 Å². The summed E-state index contributed by atoms with van der Waals surface area (Å²) in [7, 11) is 0. The molecule has 9 heavy (non-hydrogen) atoms. The summed E-state index contributed by atoms with van der Waals surface area (Å²) in [4.78, 5) is 9.88. The molecule has 0 atom stereocenters. The Morgan fingerprint density at radius 1 is 1.67 bits per heavy atom. The average molecular weight is 124 g/mol. The highest BCUT2D eigenvalue weighted by molar-refractivity contribution is 5.21. The fourth-order valence-corrected chi connectivity index (χ4v) is 0.632. The fourth-order valence-electron chi connectivity index (χ4n) is 0.632. The zero-order chi connectivity index (χ0) is 6.69. The van der Waals surface area contributed by atoms with Crippen molar-refractivity contribution >= 4 is 0 Å². The van der Waals surface area contributed by atoms with Crippen LogP contribution in [-0.4, -0.2) is 6.54 Å². The summed E-state index contributed by atoms with van der Waals surface area (Å²) in [5.74, 6) is 0. The van der Waals surface area contributed by atoms with Crippen LogP contribution < -0.4 is 5.32 Å². The van der Waals surface area contributed by atoms with Crippen molar-refractivity contribution in [2.45, 2.75) is 6.92 Å². The van der Waals surface area contributed by atoms with E-state index in [9.17, 15) is 4.91 Å². The second-order valence-corrected chi connectivity index (χ2v) is 1.95. The Labute approximate surface area is 53.4 Å². The molecule has 3 nitrogen and oxygen atoms in total. The van der Waals surface area contributed by atoms with Crippen LogP contribution in [0.25, 0.3) is 0 Å². The molecular weight excluding hydrogens is 116 g/mol. The number of nitrogens with zero attached hydrogens (tertiary/aromatic N) is 1. The molecular formula is C6H8N2O. The van der Waals surface area contributed by atoms with E-state index in [0.717, 1.165) is 5.70 Å². The lowest BCUT2D eigenvalue weighted by Crippen LogP contribution is -2.16. The predicted octanol–water partition coefficient (Wildman–Crippen LogP) is 1.14. The molecule has 1 heterocycles. The summed E-state index contributed by atoms with van der Waals surface area (Å²) >= 11 is 0. The quantitative estimate of drug-likeness (QED) is 0.532. The number of rotatable bonds is 1. The van der Waals surface area contributed by atoms with Crippen LogP contribution in [0.3, 0.4) is 0 Å². The van der Waals surface area contributed by atoms with E-state index in [4.69, 9.17) is 0 Å². The molecule has 0 saturated heterocycles. The van der Waals surface area contributed by atoms with Crippen LogP contribution in [0.4, 0.5) is 0 Å². The number of hydrogen-bond donors (Lipinski definition) is 1. The third kappa shape index (κ3) is 1.38. The van der Waals surface area contributed by atoms with Gasteiger partial charge < -0.3 is 5.32 Å². The number of dihydropyridines is 1. The van der Waals surface area contributed by atoms with Crippen LogP contribution in [-0.2, 0) is 0 Å². The zero-order valence-corrected chi connectivity index (χ0v) is 5.22. The third-order valence-corrected chi connectivity index (χ3v) is 1.19. The highest BCUT2D eigenvalue weighted by atomic mass is 16.3. The minimum atomic E-state index is 0.556. The fraction of sp³-hybridized carbons (Fsp3) is 0.333. The van der Waals surface area contributed by atoms with Crippen LogP contribution in [0, 0.1) is 4.91 Å². The SMILES string of the molecule is CC1=CC=C(N=O)CN1. The van der Waals surface area contributed by atoms with E-state index in [0.29, 0.717) is 12.2 Å². The van der Waals surface area contributed by atoms with Crippen LogP contribution in [0.5, 0.6) is 0 Å². The molecule has 0 amide bonds. The maximum absolute atomic E-state index is 9.88. The molecule has 1 rings (SSSR count). The third-order valence-electron chi connectivity index (χ3n) is 1.19. The van der Waals surface area contributed by atoms with Crippen LogP contribution in [0.2, 0.25) is 0 Å². The topological polar surface area (TPSA) is 41.5 Å². The molecule has 1 aliphatic rings. The highest BCUT2D eigenvalue weighted by Gasteiger charge is 1.99. The van der Waals surface area contributed by atoms with Gasteiger partial charge in [0.2, 0.25) is 0 Å². The summed E-state index contributed by atoms with van der Waals surface area (Å²) in [6.45, 7) is 2.50. The van der Waals surface area contributed by atoms with E-state index in [2.05, 4.69) is 10.5 Å². The van der Waals surface area contributed by atoms with Crippen molar-refractivity contribution in [1.29, 1.82) is 0 Å². The predicted molar refractivity (Wildman–Crippen MR) is 35.6 cm³/mol. The molecule has 3 heteroatoms. The van der Waals surface area contributed by atoms with Gasteiger partial charge >= 0.3 is 0 Å². The lowest BCUT2D eigenvalue weighted by atomic mass is 10.3. The molecule has 0 unspecified atom stereocenters. The van der Waals surface area contributed by atoms with E-state index in [1.807, 2.05) is 13.0 Å². The van der Waals surface area contributed by atoms with Crippen molar-refractivity contribution in [3.8, 4) is 0 Å². The number of nitroso groups, excluding NO2 is 1. The Hall–Kier alpha value is -1.12. The summed E-state index contributed by atoms with van der Waals surface area (Å²) in [6, 6.07) is 0. The monoisotopic (exact) mass is 124 g/mol. The molecule has 0 aromatic carbocycles. The molecule has 0 aromatic heterocycles. The maximum atomic E-state index is 9.88. The number of hydrogen-bond acceptors (Lipinski definition) is 3. The molecule has 0 radical (unpaired) electrons. The first-order valence-corrected chi connectivity index (χ1v) is 2.77. The Morgan fingerprint density at radius 2 is 2.44 bits per heavy atom. The largest absolute Gasteiger partial charge is 0.383 e. The molecule has 0 saturated carbocycles. The second-order valence-electron chi connectivity index (χ2n) is 1.95. The molecule has 1 aliphatic heterocycles. The van der Waals surface area contributed by atoms with Crippen molar-refractivity contribution in [2.24, 2.45) is 5.18 Å². The first kappa shape index (κ1) is 6.01. The van der Waals surface area contributed by atoms with E-state index in [1.54, 1.807) is 6.08 Å². The van der Waals surface area contributed by atoms with Gasteiger partial charge in [-0.15, -0.1) is 4.91 Å². The zero-order valence-electron chi connectivity index (χ0n) is 5.22. The van der Waals surface area contributed by atoms with Crippen LogP contribution in [0.15, 0.2) is 28.7 Å². The Morgan fingerprint density at radius 3 is 2.89 bits per heavy atom. The Balaban J connectivity index is 2.69. The van der Waals surface area contributed by atoms with Crippen molar-refractivity contribution in [1.82, 2.24) is 5.32 Å². The molecule has 48 valence electrons. The van der Waals surface area contributed by atoms with Gasteiger partial charge in [-0.3, -0.25) is 0 Å². The maximum Gasteiger partial charge on any atom is 0.104 e.